The van der Waals surface area contributed by atoms with Crippen molar-refractivity contribution in [3.8, 4) is 5.75 Å². The van der Waals surface area contributed by atoms with Crippen LogP contribution in [0.15, 0.2) is 24.0 Å². The predicted molar refractivity (Wildman–Crippen MR) is 131 cm³/mol. The number of carboxylic acid groups (broad SMARTS) is 2. The van der Waals surface area contributed by atoms with E-state index < -0.39 is 65.9 Å². The summed E-state index contributed by atoms with van der Waals surface area (Å²) in [5.74, 6) is -3.74. The first-order valence-electron chi connectivity index (χ1n) is 12.7. The molecule has 2 aliphatic heterocycles. The molecule has 7 N–H and O–H groups in total. The number of nitrogens with two attached hydrogens (primary N) is 2. The lowest BCUT2D eigenvalue weighted by Crippen LogP contribution is -2.75. The van der Waals surface area contributed by atoms with Crippen LogP contribution in [0.4, 0.5) is 0 Å². The summed E-state index contributed by atoms with van der Waals surface area (Å²) in [4.78, 5) is 50.4. The number of aliphatic carboxylic acids is 2. The molecule has 1 saturated heterocycles. The highest BCUT2D eigenvalue weighted by Crippen LogP contribution is 2.65. The summed E-state index contributed by atoms with van der Waals surface area (Å²) in [5, 5.41) is 28.4. The molecule has 2 aliphatic carbocycles. The number of benzene rings is 1. The third-order valence-electron chi connectivity index (χ3n) is 8.52. The number of esters is 2. The van der Waals surface area contributed by atoms with Crippen molar-refractivity contribution in [1.82, 2.24) is 4.90 Å². The van der Waals surface area contributed by atoms with Crippen LogP contribution in [0.2, 0.25) is 0 Å². The molecule has 2 unspecified atom stereocenters. The van der Waals surface area contributed by atoms with Crippen LogP contribution in [0.3, 0.4) is 0 Å². The number of carbonyl (C=O) groups is 4. The van der Waals surface area contributed by atoms with Crippen molar-refractivity contribution in [2.75, 3.05) is 13.6 Å². The molecular weight excluding hydrogens is 514 g/mol. The Bertz CT molecular complexity index is 1280. The number of hydrogen-bond acceptors (Lipinski definition) is 11. The Morgan fingerprint density at radius 3 is 2.44 bits per heavy atom. The van der Waals surface area contributed by atoms with Crippen molar-refractivity contribution < 1.29 is 48.7 Å². The fraction of sp³-hybridized carbons (Fsp3) is 0.538. The number of hydrogen-bond donors (Lipinski definition) is 5. The number of likely N-dealkylation sites (N-methyl/N-ethyl adjacent to an activating group) is 1. The number of piperidine rings is 1. The van der Waals surface area contributed by atoms with E-state index in [0.29, 0.717) is 30.7 Å². The SMILES string of the molecule is CN1CCC23c4c5ccc(CO)c4OC2C(OC(=O)C[C@H](N)C(=O)O)=CC[C@@]3(OC(=O)C[C@H](N)C(=O)O)[C@H]1C5. The largest absolute Gasteiger partial charge is 0.481 e. The second-order valence-corrected chi connectivity index (χ2v) is 10.6. The lowest BCUT2D eigenvalue weighted by atomic mass is 9.50. The minimum Gasteiger partial charge on any atom is -0.481 e. The van der Waals surface area contributed by atoms with E-state index >= 15 is 0 Å². The number of aliphatic hydroxyl groups is 1. The Balaban J connectivity index is 1.62. The summed E-state index contributed by atoms with van der Waals surface area (Å²) >= 11 is 0. The van der Waals surface area contributed by atoms with Gasteiger partial charge >= 0.3 is 23.9 Å². The molecule has 1 fully saturated rings. The first-order valence-corrected chi connectivity index (χ1v) is 12.7. The Morgan fingerprint density at radius 2 is 1.79 bits per heavy atom. The van der Waals surface area contributed by atoms with Crippen LogP contribution < -0.4 is 16.2 Å². The fourth-order valence-electron chi connectivity index (χ4n) is 6.75. The summed E-state index contributed by atoms with van der Waals surface area (Å²) in [7, 11) is 1.92. The van der Waals surface area contributed by atoms with Crippen LogP contribution >= 0.6 is 0 Å². The first kappa shape index (κ1) is 27.1. The number of ether oxygens (including phenoxy) is 3. The van der Waals surface area contributed by atoms with Crippen molar-refractivity contribution in [1.29, 1.82) is 0 Å². The zero-order valence-electron chi connectivity index (χ0n) is 21.3. The molecule has 2 heterocycles. The Labute approximate surface area is 223 Å². The van der Waals surface area contributed by atoms with Crippen molar-refractivity contribution in [2.24, 2.45) is 11.5 Å². The van der Waals surface area contributed by atoms with E-state index in [1.807, 2.05) is 13.1 Å². The number of aliphatic hydroxyl groups excluding tert-OH is 1. The molecule has 4 aliphatic rings. The Kier molecular flexibility index (Phi) is 6.66. The van der Waals surface area contributed by atoms with Crippen molar-refractivity contribution in [2.45, 2.75) is 74.0 Å². The average molecular weight is 546 g/mol. The van der Waals surface area contributed by atoms with Gasteiger partial charge in [0.05, 0.1) is 30.9 Å². The van der Waals surface area contributed by atoms with Gasteiger partial charge in [-0.3, -0.25) is 24.1 Å². The van der Waals surface area contributed by atoms with Gasteiger partial charge in [0, 0.05) is 17.5 Å². The van der Waals surface area contributed by atoms with Crippen LogP contribution in [0.25, 0.3) is 0 Å². The van der Waals surface area contributed by atoms with Gasteiger partial charge in [-0.05, 0) is 38.1 Å². The summed E-state index contributed by atoms with van der Waals surface area (Å²) in [6.07, 6.45) is 0.605. The molecule has 0 amide bonds. The highest BCUT2D eigenvalue weighted by Gasteiger charge is 2.74. The fourth-order valence-corrected chi connectivity index (χ4v) is 6.75. The Morgan fingerprint density at radius 1 is 1.13 bits per heavy atom. The number of nitrogens with zero attached hydrogens (tertiary/aromatic N) is 1. The minimum atomic E-state index is -1.45. The summed E-state index contributed by atoms with van der Waals surface area (Å²) < 4.78 is 18.4. The number of rotatable bonds is 9. The molecule has 2 bridgehead atoms. The molecule has 1 aromatic carbocycles. The van der Waals surface area contributed by atoms with Crippen LogP contribution in [-0.2, 0) is 47.1 Å². The first-order chi connectivity index (χ1) is 18.4. The van der Waals surface area contributed by atoms with E-state index in [0.717, 1.165) is 11.1 Å². The highest BCUT2D eigenvalue weighted by molar-refractivity contribution is 5.83. The molecule has 13 nitrogen and oxygen atoms in total. The van der Waals surface area contributed by atoms with E-state index in [1.54, 1.807) is 12.1 Å². The normalized spacial score (nSPS) is 29.8. The smallest absolute Gasteiger partial charge is 0.321 e. The molecule has 1 aromatic rings. The molecule has 39 heavy (non-hydrogen) atoms. The molecule has 5 rings (SSSR count). The summed E-state index contributed by atoms with van der Waals surface area (Å²) in [6.45, 7) is 0.271. The van der Waals surface area contributed by atoms with E-state index in [1.165, 1.54) is 0 Å². The lowest BCUT2D eigenvalue weighted by molar-refractivity contribution is -0.206. The van der Waals surface area contributed by atoms with Gasteiger partial charge < -0.3 is 41.0 Å². The van der Waals surface area contributed by atoms with Gasteiger partial charge in [0.15, 0.2) is 6.10 Å². The molecule has 0 saturated carbocycles. The van der Waals surface area contributed by atoms with Gasteiger partial charge in [-0.15, -0.1) is 0 Å². The number of carbonyl (C=O) groups excluding carboxylic acids is 2. The predicted octanol–water partition coefficient (Wildman–Crippen LogP) is -0.845. The topological polar surface area (TPSA) is 212 Å². The third kappa shape index (κ3) is 3.99. The minimum absolute atomic E-state index is 0.117. The second kappa shape index (κ2) is 9.59. The number of carboxylic acids is 2. The van der Waals surface area contributed by atoms with Crippen LogP contribution in [0.5, 0.6) is 5.75 Å². The maximum Gasteiger partial charge on any atom is 0.321 e. The van der Waals surface area contributed by atoms with Gasteiger partial charge in [-0.25, -0.2) is 0 Å². The molecule has 210 valence electrons. The lowest BCUT2D eigenvalue weighted by Gasteiger charge is -2.62. The van der Waals surface area contributed by atoms with Crippen molar-refractivity contribution in [3.05, 3.63) is 40.7 Å². The van der Waals surface area contributed by atoms with E-state index in [4.69, 9.17) is 30.8 Å². The molecular formula is C26H31N3O10. The standard InChI is InChI=1S/C26H31N3O10/c1-29-7-6-25-20-12-2-3-13(11-30)21(20)38-22(25)16(37-18(31)9-14(27)23(33)34)4-5-26(25,17(29)8-12)39-19(32)10-15(28)24(35)36/h2-4,14-15,17,22,30H,5-11,27-28H2,1H3,(H,33,34)(H,35,36)/t14-,15-,17+,22?,25?,26+/m0/s1. The van der Waals surface area contributed by atoms with Crippen LogP contribution in [-0.4, -0.2) is 87.5 Å². The van der Waals surface area contributed by atoms with Crippen LogP contribution in [0.1, 0.15) is 42.4 Å². The summed E-state index contributed by atoms with van der Waals surface area (Å²) in [5.41, 5.74) is 11.1. The van der Waals surface area contributed by atoms with Gasteiger partial charge in [0.2, 0.25) is 0 Å². The maximum absolute atomic E-state index is 13.2. The Hall–Kier alpha value is -3.52. The van der Waals surface area contributed by atoms with E-state index in [9.17, 15) is 29.4 Å². The zero-order valence-corrected chi connectivity index (χ0v) is 21.3. The van der Waals surface area contributed by atoms with E-state index in [-0.39, 0.29) is 24.8 Å². The zero-order chi connectivity index (χ0) is 28.3. The molecule has 1 spiro atoms. The third-order valence-corrected chi connectivity index (χ3v) is 8.52. The maximum atomic E-state index is 13.2. The molecule has 0 aromatic heterocycles. The van der Waals surface area contributed by atoms with Crippen LogP contribution in [0, 0.1) is 0 Å². The van der Waals surface area contributed by atoms with Gasteiger partial charge in [-0.1, -0.05) is 12.1 Å². The quantitative estimate of drug-likeness (QED) is 0.240. The number of likely N-dealkylation sites (tertiary alicyclic amines) is 1. The molecule has 6 atom stereocenters. The highest BCUT2D eigenvalue weighted by atomic mass is 16.6. The van der Waals surface area contributed by atoms with Crippen molar-refractivity contribution >= 4 is 23.9 Å². The second-order valence-electron chi connectivity index (χ2n) is 10.6. The summed E-state index contributed by atoms with van der Waals surface area (Å²) in [6, 6.07) is 0.460. The molecule has 0 radical (unpaired) electrons. The van der Waals surface area contributed by atoms with Gasteiger partial charge in [0.25, 0.3) is 0 Å². The monoisotopic (exact) mass is 545 g/mol. The molecule has 13 heteroatoms. The van der Waals surface area contributed by atoms with Gasteiger partial charge in [0.1, 0.15) is 29.2 Å². The average Bonchev–Trinajstić information content (AvgIpc) is 3.23. The van der Waals surface area contributed by atoms with E-state index in [2.05, 4.69) is 4.90 Å². The van der Waals surface area contributed by atoms with Gasteiger partial charge in [-0.2, -0.15) is 0 Å². The van der Waals surface area contributed by atoms with Crippen molar-refractivity contribution in [3.63, 3.8) is 0 Å².